The van der Waals surface area contributed by atoms with Gasteiger partial charge >= 0.3 is 0 Å². The van der Waals surface area contributed by atoms with E-state index in [1.54, 1.807) is 41.2 Å². The van der Waals surface area contributed by atoms with E-state index in [-0.39, 0.29) is 0 Å². The number of pyridine rings is 2. The molecule has 0 spiro atoms. The highest BCUT2D eigenvalue weighted by atomic mass is 35.5. The highest BCUT2D eigenvalue weighted by molar-refractivity contribution is 6.33. The van der Waals surface area contributed by atoms with Gasteiger partial charge in [0.25, 0.3) is 0 Å². The van der Waals surface area contributed by atoms with Gasteiger partial charge in [0.1, 0.15) is 6.07 Å². The van der Waals surface area contributed by atoms with E-state index in [0.29, 0.717) is 22.1 Å². The van der Waals surface area contributed by atoms with Gasteiger partial charge in [-0.1, -0.05) is 11.6 Å². The van der Waals surface area contributed by atoms with Crippen molar-refractivity contribution in [3.63, 3.8) is 0 Å². The Morgan fingerprint density at radius 3 is 2.89 bits per heavy atom. The highest BCUT2D eigenvalue weighted by Gasteiger charge is 2.11. The number of rotatable bonds is 1. The molecule has 0 atom stereocenters. The summed E-state index contributed by atoms with van der Waals surface area (Å²) in [5.41, 5.74) is 1.93. The van der Waals surface area contributed by atoms with Crippen LogP contribution >= 0.6 is 11.6 Å². The average molecular weight is 256 g/mol. The molecule has 0 radical (unpaired) electrons. The summed E-state index contributed by atoms with van der Waals surface area (Å²) in [6.07, 6.45) is 4.87. The van der Waals surface area contributed by atoms with Crippen molar-refractivity contribution in [3.05, 3.63) is 47.4 Å². The molecule has 0 aliphatic carbocycles. The molecule has 3 heterocycles. The van der Waals surface area contributed by atoms with Crippen LogP contribution in [0, 0.1) is 11.3 Å². The standard InChI is InChI=1S/C12H6ClN5/c13-10-6-15-4-3-9(10)12-17-16-11-2-1-8(5-14)7-18(11)12/h1-4,6-7H. The number of hydrogen-bond acceptors (Lipinski definition) is 4. The van der Waals surface area contributed by atoms with E-state index in [1.165, 1.54) is 0 Å². The van der Waals surface area contributed by atoms with Crippen LogP contribution in [0.25, 0.3) is 17.0 Å². The Morgan fingerprint density at radius 2 is 2.11 bits per heavy atom. The first-order valence-corrected chi connectivity index (χ1v) is 5.52. The molecule has 0 saturated carbocycles. The molecule has 86 valence electrons. The summed E-state index contributed by atoms with van der Waals surface area (Å²) in [5.74, 6) is 0.592. The molecule has 0 fully saturated rings. The van der Waals surface area contributed by atoms with Crippen molar-refractivity contribution in [1.82, 2.24) is 19.6 Å². The van der Waals surface area contributed by atoms with Gasteiger partial charge in [-0.25, -0.2) is 0 Å². The predicted octanol–water partition coefficient (Wildman–Crippen LogP) is 2.32. The Bertz CT molecular complexity index is 771. The minimum absolute atomic E-state index is 0.495. The van der Waals surface area contributed by atoms with Crippen molar-refractivity contribution in [3.8, 4) is 17.5 Å². The van der Waals surface area contributed by atoms with Crippen LogP contribution in [-0.4, -0.2) is 19.6 Å². The third-order valence-corrected chi connectivity index (χ3v) is 2.85. The zero-order valence-electron chi connectivity index (χ0n) is 9.08. The lowest BCUT2D eigenvalue weighted by atomic mass is 10.2. The Morgan fingerprint density at radius 1 is 1.22 bits per heavy atom. The molecule has 0 amide bonds. The second-order valence-electron chi connectivity index (χ2n) is 3.64. The van der Waals surface area contributed by atoms with E-state index in [4.69, 9.17) is 16.9 Å². The van der Waals surface area contributed by atoms with Gasteiger partial charge in [-0.05, 0) is 18.2 Å². The van der Waals surface area contributed by atoms with Crippen molar-refractivity contribution in [2.24, 2.45) is 0 Å². The van der Waals surface area contributed by atoms with E-state index in [9.17, 15) is 0 Å². The minimum atomic E-state index is 0.495. The normalized spacial score (nSPS) is 10.4. The fourth-order valence-electron chi connectivity index (χ4n) is 1.70. The van der Waals surface area contributed by atoms with E-state index in [2.05, 4.69) is 21.3 Å². The lowest BCUT2D eigenvalue weighted by molar-refractivity contribution is 1.11. The number of aromatic nitrogens is 4. The molecule has 0 aliphatic rings. The van der Waals surface area contributed by atoms with Gasteiger partial charge in [-0.3, -0.25) is 9.38 Å². The number of hydrogen-bond donors (Lipinski definition) is 0. The first-order chi connectivity index (χ1) is 8.79. The van der Waals surface area contributed by atoms with E-state index in [1.807, 2.05) is 0 Å². The maximum Gasteiger partial charge on any atom is 0.170 e. The minimum Gasteiger partial charge on any atom is -0.281 e. The molecule has 3 aromatic heterocycles. The van der Waals surface area contributed by atoms with Gasteiger partial charge in [0.05, 0.1) is 10.6 Å². The third kappa shape index (κ3) is 1.60. The van der Waals surface area contributed by atoms with E-state index < -0.39 is 0 Å². The molecule has 0 bridgehead atoms. The van der Waals surface area contributed by atoms with E-state index >= 15 is 0 Å². The Balaban J connectivity index is 2.31. The van der Waals surface area contributed by atoms with Crippen LogP contribution in [0.3, 0.4) is 0 Å². The van der Waals surface area contributed by atoms with Crippen molar-refractivity contribution in [1.29, 1.82) is 5.26 Å². The summed E-state index contributed by atoms with van der Waals surface area (Å²) < 4.78 is 1.74. The van der Waals surface area contributed by atoms with Gasteiger partial charge in [0.2, 0.25) is 0 Å². The molecule has 0 saturated heterocycles. The molecule has 6 heteroatoms. The maximum atomic E-state index is 8.91. The fraction of sp³-hybridized carbons (Fsp3) is 0. The lowest BCUT2D eigenvalue weighted by Gasteiger charge is -2.01. The molecule has 0 aromatic carbocycles. The molecular formula is C12H6ClN5. The van der Waals surface area contributed by atoms with Crippen molar-refractivity contribution < 1.29 is 0 Å². The summed E-state index contributed by atoms with van der Waals surface area (Å²) in [6, 6.07) is 7.28. The molecule has 3 aromatic rings. The fourth-order valence-corrected chi connectivity index (χ4v) is 1.90. The summed E-state index contributed by atoms with van der Waals surface area (Å²) in [5, 5.41) is 17.5. The smallest absolute Gasteiger partial charge is 0.170 e. The monoisotopic (exact) mass is 255 g/mol. The molecule has 0 aliphatic heterocycles. The van der Waals surface area contributed by atoms with Crippen LogP contribution < -0.4 is 0 Å². The zero-order chi connectivity index (χ0) is 12.5. The van der Waals surface area contributed by atoms with Gasteiger partial charge in [-0.15, -0.1) is 10.2 Å². The first-order valence-electron chi connectivity index (χ1n) is 5.14. The average Bonchev–Trinajstić information content (AvgIpc) is 2.82. The Kier molecular flexibility index (Phi) is 2.43. The third-order valence-electron chi connectivity index (χ3n) is 2.54. The molecule has 3 rings (SSSR count). The maximum absolute atomic E-state index is 8.91. The van der Waals surface area contributed by atoms with Crippen LogP contribution in [0.2, 0.25) is 5.02 Å². The SMILES string of the molecule is N#Cc1ccc2nnc(-c3ccncc3Cl)n2c1. The molecule has 18 heavy (non-hydrogen) atoms. The molecular weight excluding hydrogens is 250 g/mol. The van der Waals surface area contributed by atoms with Crippen molar-refractivity contribution in [2.75, 3.05) is 0 Å². The van der Waals surface area contributed by atoms with Gasteiger partial charge < -0.3 is 0 Å². The van der Waals surface area contributed by atoms with E-state index in [0.717, 1.165) is 5.56 Å². The number of fused-ring (bicyclic) bond motifs is 1. The summed E-state index contributed by atoms with van der Waals surface area (Å²) in [7, 11) is 0. The van der Waals surface area contributed by atoms with Crippen LogP contribution in [0.1, 0.15) is 5.56 Å². The lowest BCUT2D eigenvalue weighted by Crippen LogP contribution is -1.91. The van der Waals surface area contributed by atoms with Crippen molar-refractivity contribution in [2.45, 2.75) is 0 Å². The van der Waals surface area contributed by atoms with Gasteiger partial charge in [-0.2, -0.15) is 5.26 Å². The molecule has 0 N–H and O–H groups in total. The van der Waals surface area contributed by atoms with Crippen LogP contribution in [0.5, 0.6) is 0 Å². The Labute approximate surface area is 107 Å². The van der Waals surface area contributed by atoms with Crippen LogP contribution in [0.15, 0.2) is 36.8 Å². The molecule has 5 nitrogen and oxygen atoms in total. The zero-order valence-corrected chi connectivity index (χ0v) is 9.83. The van der Waals surface area contributed by atoms with Gasteiger partial charge in [0, 0.05) is 24.2 Å². The summed E-state index contributed by atoms with van der Waals surface area (Å²) >= 11 is 6.08. The van der Waals surface area contributed by atoms with Gasteiger partial charge in [0.15, 0.2) is 11.5 Å². The summed E-state index contributed by atoms with van der Waals surface area (Å²) in [6.45, 7) is 0. The number of nitrogens with zero attached hydrogens (tertiary/aromatic N) is 5. The predicted molar refractivity (Wildman–Crippen MR) is 65.9 cm³/mol. The van der Waals surface area contributed by atoms with Crippen LogP contribution in [0.4, 0.5) is 0 Å². The number of halogens is 1. The topological polar surface area (TPSA) is 66.9 Å². The first kappa shape index (κ1) is 10.7. The number of nitriles is 1. The summed E-state index contributed by atoms with van der Waals surface area (Å²) in [4.78, 5) is 3.93. The second kappa shape index (κ2) is 4.09. The Hall–Kier alpha value is -2.45. The van der Waals surface area contributed by atoms with Crippen molar-refractivity contribution >= 4 is 17.2 Å². The quantitative estimate of drug-likeness (QED) is 0.669. The largest absolute Gasteiger partial charge is 0.281 e. The molecule has 0 unspecified atom stereocenters. The second-order valence-corrected chi connectivity index (χ2v) is 4.04. The van der Waals surface area contributed by atoms with Crippen LogP contribution in [-0.2, 0) is 0 Å². The highest BCUT2D eigenvalue weighted by Crippen LogP contribution is 2.25.